The van der Waals surface area contributed by atoms with Crippen molar-refractivity contribution in [2.75, 3.05) is 28.4 Å². The predicted molar refractivity (Wildman–Crippen MR) is 134 cm³/mol. The van der Waals surface area contributed by atoms with E-state index in [0.717, 1.165) is 0 Å². The van der Waals surface area contributed by atoms with Crippen LogP contribution in [0.5, 0.6) is 11.5 Å². The number of imidazole rings is 1. The van der Waals surface area contributed by atoms with Crippen LogP contribution in [0.1, 0.15) is 25.5 Å². The fraction of sp³-hybridized carbons (Fsp3) is 0.292. The van der Waals surface area contributed by atoms with Gasteiger partial charge in [-0.2, -0.15) is 0 Å². The first-order valence-corrected chi connectivity index (χ1v) is 11.8. The van der Waals surface area contributed by atoms with Gasteiger partial charge in [0.15, 0.2) is 10.7 Å². The average Bonchev–Trinajstić information content (AvgIpc) is 3.48. The highest BCUT2D eigenvalue weighted by Crippen LogP contribution is 2.47. The summed E-state index contributed by atoms with van der Waals surface area (Å²) in [6, 6.07) is 2.70. The number of thiazole rings is 1. The normalized spacial score (nSPS) is 14.0. The molecule has 0 aliphatic carbocycles. The first-order chi connectivity index (χ1) is 17.7. The number of dihydropyridines is 1. The zero-order valence-electron chi connectivity index (χ0n) is 20.9. The Labute approximate surface area is 215 Å². The molecule has 0 amide bonds. The quantitative estimate of drug-likeness (QED) is 0.275. The molecule has 0 spiro atoms. The van der Waals surface area contributed by atoms with E-state index in [0.29, 0.717) is 33.3 Å². The number of methoxy groups -OCH3 is 4. The summed E-state index contributed by atoms with van der Waals surface area (Å²) < 4.78 is 22.7. The van der Waals surface area contributed by atoms with Crippen molar-refractivity contribution in [3.8, 4) is 22.8 Å². The van der Waals surface area contributed by atoms with E-state index in [1.807, 2.05) is 5.38 Å². The van der Waals surface area contributed by atoms with Gasteiger partial charge in [-0.05, 0) is 13.8 Å². The lowest BCUT2D eigenvalue weighted by Gasteiger charge is -2.30. The Kier molecular flexibility index (Phi) is 6.90. The fourth-order valence-corrected chi connectivity index (χ4v) is 5.24. The second kappa shape index (κ2) is 9.93. The van der Waals surface area contributed by atoms with Crippen LogP contribution in [0.25, 0.3) is 16.2 Å². The number of nitro groups is 1. The third-order valence-corrected chi connectivity index (χ3v) is 6.85. The maximum Gasteiger partial charge on any atom is 0.336 e. The van der Waals surface area contributed by atoms with Gasteiger partial charge in [0.1, 0.15) is 5.75 Å². The number of benzene rings is 1. The minimum absolute atomic E-state index is 0.00626. The number of nitrogens with one attached hydrogen (secondary N) is 1. The largest absolute Gasteiger partial charge is 0.496 e. The number of hydrogen-bond donors (Lipinski definition) is 1. The number of ether oxygens (including phenoxy) is 4. The molecule has 2 aromatic heterocycles. The van der Waals surface area contributed by atoms with Crippen molar-refractivity contribution < 1.29 is 33.5 Å². The van der Waals surface area contributed by atoms with Crippen LogP contribution < -0.4 is 14.8 Å². The molecule has 1 N–H and O–H groups in total. The summed E-state index contributed by atoms with van der Waals surface area (Å²) in [7, 11) is 5.21. The van der Waals surface area contributed by atoms with Gasteiger partial charge in [0.25, 0.3) is 0 Å². The molecule has 1 aromatic carbocycles. The second-order valence-electron chi connectivity index (χ2n) is 8.00. The smallest absolute Gasteiger partial charge is 0.336 e. The molecule has 0 atom stereocenters. The Morgan fingerprint density at radius 1 is 1.03 bits per heavy atom. The number of allylic oxidation sites excluding steroid dienone is 2. The highest BCUT2D eigenvalue weighted by molar-refractivity contribution is 7.15. The van der Waals surface area contributed by atoms with Gasteiger partial charge in [0.2, 0.25) is 0 Å². The Morgan fingerprint density at radius 2 is 1.62 bits per heavy atom. The van der Waals surface area contributed by atoms with Crippen molar-refractivity contribution in [1.82, 2.24) is 14.7 Å². The van der Waals surface area contributed by atoms with E-state index in [1.165, 1.54) is 51.9 Å². The molecular formula is C24H24N4O8S. The molecule has 0 saturated carbocycles. The molecule has 0 bridgehead atoms. The molecule has 0 radical (unpaired) electrons. The molecule has 3 heterocycles. The van der Waals surface area contributed by atoms with E-state index in [-0.39, 0.29) is 28.3 Å². The summed E-state index contributed by atoms with van der Waals surface area (Å²) in [6.45, 7) is 3.41. The third-order valence-electron chi connectivity index (χ3n) is 6.10. The van der Waals surface area contributed by atoms with Gasteiger partial charge in [-0.25, -0.2) is 14.6 Å². The van der Waals surface area contributed by atoms with Crippen LogP contribution in [-0.2, 0) is 19.1 Å². The summed E-state index contributed by atoms with van der Waals surface area (Å²) in [6.07, 6.45) is 1.76. The minimum atomic E-state index is -0.952. The number of carbonyl (C=O) groups is 2. The Hall–Kier alpha value is -4.39. The molecule has 13 heteroatoms. The van der Waals surface area contributed by atoms with Crippen molar-refractivity contribution >= 4 is 33.9 Å². The van der Waals surface area contributed by atoms with Crippen LogP contribution in [0.4, 0.5) is 5.69 Å². The predicted octanol–water partition coefficient (Wildman–Crippen LogP) is 3.57. The molecule has 194 valence electrons. The molecule has 4 rings (SSSR count). The lowest BCUT2D eigenvalue weighted by Crippen LogP contribution is -2.32. The van der Waals surface area contributed by atoms with Gasteiger partial charge in [0.05, 0.1) is 67.9 Å². The molecule has 3 aromatic rings. The van der Waals surface area contributed by atoms with Crippen molar-refractivity contribution in [3.63, 3.8) is 0 Å². The molecule has 1 aliphatic heterocycles. The number of esters is 2. The van der Waals surface area contributed by atoms with Crippen LogP contribution in [0.2, 0.25) is 0 Å². The topological polar surface area (TPSA) is 144 Å². The highest BCUT2D eigenvalue weighted by Gasteiger charge is 2.41. The number of fused-ring (bicyclic) bond motifs is 1. The van der Waals surface area contributed by atoms with E-state index in [1.54, 1.807) is 24.4 Å². The molecule has 0 fully saturated rings. The van der Waals surface area contributed by atoms with E-state index >= 15 is 0 Å². The van der Waals surface area contributed by atoms with Crippen LogP contribution >= 0.6 is 11.3 Å². The number of rotatable bonds is 7. The highest BCUT2D eigenvalue weighted by atomic mass is 32.1. The summed E-state index contributed by atoms with van der Waals surface area (Å²) in [5, 5.41) is 16.5. The molecular weight excluding hydrogens is 504 g/mol. The first-order valence-electron chi connectivity index (χ1n) is 10.9. The lowest BCUT2D eigenvalue weighted by molar-refractivity contribution is -0.385. The number of nitrogens with zero attached hydrogens (tertiary/aromatic N) is 3. The van der Waals surface area contributed by atoms with Crippen LogP contribution in [0.3, 0.4) is 0 Å². The lowest BCUT2D eigenvalue weighted by atomic mass is 9.81. The van der Waals surface area contributed by atoms with Crippen molar-refractivity contribution in [2.45, 2.75) is 19.8 Å². The second-order valence-corrected chi connectivity index (χ2v) is 8.87. The maximum absolute atomic E-state index is 13.1. The number of carbonyl (C=O) groups excluding carboxylic acids is 2. The third kappa shape index (κ3) is 4.16. The van der Waals surface area contributed by atoms with Gasteiger partial charge < -0.3 is 24.3 Å². The number of aromatic nitrogens is 2. The maximum atomic E-state index is 13.1. The van der Waals surface area contributed by atoms with Crippen LogP contribution in [0, 0.1) is 10.1 Å². The zero-order valence-corrected chi connectivity index (χ0v) is 21.7. The molecule has 0 saturated heterocycles. The number of nitro benzene ring substituents is 1. The fourth-order valence-electron chi connectivity index (χ4n) is 4.52. The standard InChI is InChI=1S/C24H24N4O8S/c1-11-17(22(29)35-5)19(18(12(2)25-11)23(30)36-6)21-20(26-24-27(21)7-8-37-24)13-9-16(34-4)14(28(31)32)10-15(13)33-3/h7-10,19,25H,1-6H3. The van der Waals surface area contributed by atoms with Crippen molar-refractivity contribution in [3.05, 3.63) is 62.1 Å². The van der Waals surface area contributed by atoms with Gasteiger partial charge in [-0.3, -0.25) is 14.5 Å². The van der Waals surface area contributed by atoms with Gasteiger partial charge in [0, 0.05) is 34.6 Å². The summed E-state index contributed by atoms with van der Waals surface area (Å²) >= 11 is 1.34. The van der Waals surface area contributed by atoms with Crippen molar-refractivity contribution in [2.24, 2.45) is 0 Å². The van der Waals surface area contributed by atoms with Gasteiger partial charge in [-0.1, -0.05) is 0 Å². The average molecular weight is 529 g/mol. The Bertz CT molecular complexity index is 1460. The van der Waals surface area contributed by atoms with Crippen molar-refractivity contribution in [1.29, 1.82) is 0 Å². The van der Waals surface area contributed by atoms with Gasteiger partial charge in [-0.15, -0.1) is 11.3 Å². The zero-order chi connectivity index (χ0) is 27.0. The Morgan fingerprint density at radius 3 is 2.14 bits per heavy atom. The summed E-state index contributed by atoms with van der Waals surface area (Å²) in [5.74, 6) is -2.09. The van der Waals surface area contributed by atoms with E-state index in [4.69, 9.17) is 23.9 Å². The number of hydrogen-bond acceptors (Lipinski definition) is 11. The minimum Gasteiger partial charge on any atom is -0.496 e. The van der Waals surface area contributed by atoms with E-state index in [2.05, 4.69) is 5.32 Å². The summed E-state index contributed by atoms with van der Waals surface area (Å²) in [5.41, 5.74) is 2.24. The molecule has 12 nitrogen and oxygen atoms in total. The van der Waals surface area contributed by atoms with E-state index in [9.17, 15) is 19.7 Å². The Balaban J connectivity index is 2.12. The molecule has 1 aliphatic rings. The van der Waals surface area contributed by atoms with Gasteiger partial charge >= 0.3 is 17.6 Å². The van der Waals surface area contributed by atoms with Crippen LogP contribution in [-0.4, -0.2) is 54.7 Å². The summed E-state index contributed by atoms with van der Waals surface area (Å²) in [4.78, 5) is 42.5. The first kappa shape index (κ1) is 25.7. The van der Waals surface area contributed by atoms with Crippen LogP contribution in [0.15, 0.2) is 46.2 Å². The SMILES string of the molecule is COC(=O)C1=C(C)NC(C)=C(C(=O)OC)C1c1c(-c2cc(OC)c([N+](=O)[O-])cc2OC)nc2sccn12. The van der Waals surface area contributed by atoms with E-state index < -0.39 is 22.8 Å². The molecule has 0 unspecified atom stereocenters. The molecule has 37 heavy (non-hydrogen) atoms. The monoisotopic (exact) mass is 528 g/mol.